The lowest BCUT2D eigenvalue weighted by atomic mass is 10.0. The Kier molecular flexibility index (Phi) is 3.79. The average molecular weight is 271 g/mol. The number of benzene rings is 3. The SMILES string of the molecule is [N]=C(c1ccccc1)c1ccccc1Nc1ccccc1. The fourth-order valence-corrected chi connectivity index (χ4v) is 2.23. The van der Waals surface area contributed by atoms with Crippen LogP contribution in [0.15, 0.2) is 84.9 Å². The van der Waals surface area contributed by atoms with Gasteiger partial charge in [0.2, 0.25) is 0 Å². The average Bonchev–Trinajstić information content (AvgIpc) is 2.56. The predicted molar refractivity (Wildman–Crippen MR) is 88.0 cm³/mol. The number of nitrogens with zero attached hydrogens (tertiary/aromatic N) is 1. The highest BCUT2D eigenvalue weighted by Gasteiger charge is 2.10. The van der Waals surface area contributed by atoms with Gasteiger partial charge < -0.3 is 5.32 Å². The molecular weight excluding hydrogens is 256 g/mol. The van der Waals surface area contributed by atoms with Crippen LogP contribution < -0.4 is 10.7 Å². The van der Waals surface area contributed by atoms with Gasteiger partial charge in [-0.05, 0) is 18.2 Å². The third kappa shape index (κ3) is 3.00. The lowest BCUT2D eigenvalue weighted by Gasteiger charge is -2.12. The van der Waals surface area contributed by atoms with Crippen LogP contribution in [0.1, 0.15) is 11.1 Å². The molecule has 101 valence electrons. The van der Waals surface area contributed by atoms with Gasteiger partial charge in [0.05, 0.1) is 0 Å². The molecule has 0 atom stereocenters. The Morgan fingerprint density at radius 3 is 1.95 bits per heavy atom. The summed E-state index contributed by atoms with van der Waals surface area (Å²) in [6.45, 7) is 0. The van der Waals surface area contributed by atoms with Crippen molar-refractivity contribution < 1.29 is 0 Å². The van der Waals surface area contributed by atoms with Gasteiger partial charge in [0, 0.05) is 22.5 Å². The maximum absolute atomic E-state index is 10.5. The van der Waals surface area contributed by atoms with Crippen molar-refractivity contribution in [1.29, 1.82) is 0 Å². The topological polar surface area (TPSA) is 34.3 Å². The van der Waals surface area contributed by atoms with Crippen molar-refractivity contribution in [2.75, 3.05) is 5.32 Å². The van der Waals surface area contributed by atoms with Crippen LogP contribution >= 0.6 is 0 Å². The maximum Gasteiger partial charge on any atom is 0.102 e. The number of rotatable bonds is 4. The molecule has 0 unspecified atom stereocenters. The highest BCUT2D eigenvalue weighted by atomic mass is 14.9. The van der Waals surface area contributed by atoms with Crippen LogP contribution in [-0.4, -0.2) is 5.71 Å². The molecule has 2 heteroatoms. The highest BCUT2D eigenvalue weighted by Crippen LogP contribution is 2.22. The minimum atomic E-state index is 0.273. The second kappa shape index (κ2) is 6.06. The molecular formula is C19H15N2. The van der Waals surface area contributed by atoms with Gasteiger partial charge in [-0.3, -0.25) is 0 Å². The molecule has 0 bridgehead atoms. The quantitative estimate of drug-likeness (QED) is 0.713. The molecule has 0 amide bonds. The molecule has 0 aliphatic rings. The summed E-state index contributed by atoms with van der Waals surface area (Å²) in [7, 11) is 0. The summed E-state index contributed by atoms with van der Waals surface area (Å²) in [5.41, 5.74) is 3.73. The summed E-state index contributed by atoms with van der Waals surface area (Å²) in [6, 6.07) is 27.2. The van der Waals surface area contributed by atoms with E-state index in [1.165, 1.54) is 0 Å². The molecule has 3 aromatic rings. The second-order valence-corrected chi connectivity index (χ2v) is 4.75. The summed E-state index contributed by atoms with van der Waals surface area (Å²) in [5.74, 6) is 0. The maximum atomic E-state index is 10.5. The van der Waals surface area contributed by atoms with E-state index in [1.54, 1.807) is 0 Å². The number of anilines is 2. The van der Waals surface area contributed by atoms with Gasteiger partial charge in [-0.25, -0.2) is 0 Å². The third-order valence-electron chi connectivity index (χ3n) is 3.28. The minimum Gasteiger partial charge on any atom is -0.355 e. The molecule has 2 nitrogen and oxygen atoms in total. The first-order valence-corrected chi connectivity index (χ1v) is 6.87. The van der Waals surface area contributed by atoms with Crippen molar-refractivity contribution in [2.24, 2.45) is 0 Å². The summed E-state index contributed by atoms with van der Waals surface area (Å²) in [4.78, 5) is 0. The normalized spacial score (nSPS) is 10.1. The van der Waals surface area contributed by atoms with Crippen LogP contribution in [0.4, 0.5) is 11.4 Å². The summed E-state index contributed by atoms with van der Waals surface area (Å²) in [5, 5.41) is 13.9. The van der Waals surface area contributed by atoms with Crippen molar-refractivity contribution in [1.82, 2.24) is 5.41 Å². The van der Waals surface area contributed by atoms with Crippen LogP contribution in [0, 0.1) is 0 Å². The largest absolute Gasteiger partial charge is 0.355 e. The van der Waals surface area contributed by atoms with Gasteiger partial charge in [-0.1, -0.05) is 66.7 Å². The molecule has 0 fully saturated rings. The Morgan fingerprint density at radius 1 is 0.667 bits per heavy atom. The van der Waals surface area contributed by atoms with E-state index in [4.69, 9.17) is 0 Å². The Balaban J connectivity index is 1.95. The molecule has 0 spiro atoms. The molecule has 3 rings (SSSR count). The Bertz CT molecular complexity index is 734. The number of hydrogen-bond acceptors (Lipinski definition) is 1. The number of para-hydroxylation sites is 2. The van der Waals surface area contributed by atoms with E-state index in [-0.39, 0.29) is 5.71 Å². The number of nitrogens with one attached hydrogen (secondary N) is 1. The lowest BCUT2D eigenvalue weighted by Crippen LogP contribution is -2.07. The van der Waals surface area contributed by atoms with Crippen molar-refractivity contribution in [3.63, 3.8) is 0 Å². The molecule has 0 saturated heterocycles. The van der Waals surface area contributed by atoms with Crippen LogP contribution in [0.3, 0.4) is 0 Å². The van der Waals surface area contributed by atoms with Gasteiger partial charge in [-0.2, -0.15) is 0 Å². The lowest BCUT2D eigenvalue weighted by molar-refractivity contribution is 1.51. The first-order valence-electron chi connectivity index (χ1n) is 6.87. The Labute approximate surface area is 124 Å². The van der Waals surface area contributed by atoms with Gasteiger partial charge >= 0.3 is 0 Å². The zero-order valence-electron chi connectivity index (χ0n) is 11.5. The molecule has 3 aromatic carbocycles. The second-order valence-electron chi connectivity index (χ2n) is 4.75. The van der Waals surface area contributed by atoms with Gasteiger partial charge in [0.15, 0.2) is 0 Å². The molecule has 0 saturated carbocycles. The molecule has 1 N–H and O–H groups in total. The van der Waals surface area contributed by atoms with Crippen molar-refractivity contribution in [2.45, 2.75) is 0 Å². The zero-order valence-corrected chi connectivity index (χ0v) is 11.5. The highest BCUT2D eigenvalue weighted by molar-refractivity contribution is 6.14. The van der Waals surface area contributed by atoms with Gasteiger partial charge in [-0.15, -0.1) is 5.41 Å². The van der Waals surface area contributed by atoms with Crippen LogP contribution in [0.25, 0.3) is 0 Å². The smallest absolute Gasteiger partial charge is 0.102 e. The van der Waals surface area contributed by atoms with E-state index in [0.717, 1.165) is 22.5 Å². The van der Waals surface area contributed by atoms with Gasteiger partial charge in [0.25, 0.3) is 0 Å². The monoisotopic (exact) mass is 271 g/mol. The van der Waals surface area contributed by atoms with E-state index in [1.807, 2.05) is 84.9 Å². The van der Waals surface area contributed by atoms with Crippen LogP contribution in [0.5, 0.6) is 0 Å². The van der Waals surface area contributed by atoms with Crippen molar-refractivity contribution >= 4 is 17.1 Å². The molecule has 0 aromatic heterocycles. The molecule has 0 aliphatic heterocycles. The summed E-state index contributed by atoms with van der Waals surface area (Å²) in [6.07, 6.45) is 0. The van der Waals surface area contributed by atoms with Crippen LogP contribution in [0.2, 0.25) is 0 Å². The van der Waals surface area contributed by atoms with Crippen molar-refractivity contribution in [3.8, 4) is 0 Å². The van der Waals surface area contributed by atoms with Crippen molar-refractivity contribution in [3.05, 3.63) is 96.1 Å². The molecule has 21 heavy (non-hydrogen) atoms. The predicted octanol–water partition coefficient (Wildman–Crippen LogP) is 4.07. The summed E-state index contributed by atoms with van der Waals surface area (Å²) >= 11 is 0. The molecule has 0 heterocycles. The Hall–Kier alpha value is -2.87. The third-order valence-corrected chi connectivity index (χ3v) is 3.28. The fraction of sp³-hybridized carbons (Fsp3) is 0. The zero-order chi connectivity index (χ0) is 14.5. The van der Waals surface area contributed by atoms with E-state index < -0.39 is 0 Å². The molecule has 0 aliphatic carbocycles. The fourth-order valence-electron chi connectivity index (χ4n) is 2.23. The summed E-state index contributed by atoms with van der Waals surface area (Å²) < 4.78 is 0. The first-order chi connectivity index (χ1) is 10.3. The van der Waals surface area contributed by atoms with Gasteiger partial charge in [0.1, 0.15) is 5.71 Å². The standard InChI is InChI=1S/C19H15N2/c20-19(15-9-3-1-4-10-15)17-13-7-8-14-18(17)21-16-11-5-2-6-12-16/h1-14,21H. The van der Waals surface area contributed by atoms with E-state index in [9.17, 15) is 5.41 Å². The first kappa shape index (κ1) is 13.1. The van der Waals surface area contributed by atoms with E-state index in [0.29, 0.717) is 0 Å². The molecule has 1 radical (unpaired) electrons. The Morgan fingerprint density at radius 2 is 1.24 bits per heavy atom. The van der Waals surface area contributed by atoms with Crippen LogP contribution in [-0.2, 0) is 0 Å². The number of hydrogen-bond donors (Lipinski definition) is 1. The van der Waals surface area contributed by atoms with E-state index in [2.05, 4.69) is 5.32 Å². The minimum absolute atomic E-state index is 0.273. The van der Waals surface area contributed by atoms with E-state index >= 15 is 0 Å².